The molecule has 0 bridgehead atoms. The first kappa shape index (κ1) is 27.3. The highest BCUT2D eigenvalue weighted by Gasteiger charge is 2.45. The predicted octanol–water partition coefficient (Wildman–Crippen LogP) is -1.39. The Kier molecular flexibility index (Phi) is 8.38. The third-order valence-electron chi connectivity index (χ3n) is 6.27. The van der Waals surface area contributed by atoms with Crippen LogP contribution in [0.1, 0.15) is 26.0 Å². The number of carbonyl (C=O) groups excluding carboxylic acids is 1. The normalized spacial score (nSPS) is 29.6. The van der Waals surface area contributed by atoms with E-state index in [4.69, 9.17) is 14.4 Å². The Balaban J connectivity index is 1.40. The number of imidazole rings is 1. The molecule has 2 aromatic heterocycles. The van der Waals surface area contributed by atoms with Crippen molar-refractivity contribution >= 4 is 36.6 Å². The molecule has 4 heterocycles. The maximum Gasteiger partial charge on any atom is 0.320 e. The minimum Gasteiger partial charge on any atom is -0.778 e. The number of anilines is 1. The van der Waals surface area contributed by atoms with E-state index >= 15 is 0 Å². The molecule has 2 fully saturated rings. The number of urea groups is 1. The highest BCUT2D eigenvalue weighted by molar-refractivity contribution is 7.51. The molecule has 4 unspecified atom stereocenters. The molecule has 0 saturated carbocycles. The number of amides is 2. The topological polar surface area (TPSA) is 233 Å². The third kappa shape index (κ3) is 6.23. The first-order valence-corrected chi connectivity index (χ1v) is 13.5. The summed E-state index contributed by atoms with van der Waals surface area (Å²) in [7, 11) is -4.39. The quantitative estimate of drug-likeness (QED) is 0.201. The summed E-state index contributed by atoms with van der Waals surface area (Å²) in [5.74, 6) is -1.31. The highest BCUT2D eigenvalue weighted by atomic mass is 31.2. The van der Waals surface area contributed by atoms with Crippen molar-refractivity contribution in [2.45, 2.75) is 50.3 Å². The number of nitrogens with zero attached hydrogens (tertiary/aromatic N) is 4. The molecular formula is C20H29N7O9P-. The number of carboxylic acid groups (broad SMARTS) is 1. The number of aliphatic carboxylic acids is 1. The Morgan fingerprint density at radius 3 is 2.84 bits per heavy atom. The molecule has 0 radical (unpaired) electrons. The molecule has 4 rings (SSSR count). The van der Waals surface area contributed by atoms with Crippen LogP contribution in [0.3, 0.4) is 0 Å². The molecule has 37 heavy (non-hydrogen) atoms. The number of carbonyl (C=O) groups is 2. The van der Waals surface area contributed by atoms with Crippen LogP contribution >= 0.6 is 7.60 Å². The van der Waals surface area contributed by atoms with E-state index in [-0.39, 0.29) is 29.6 Å². The number of carboxylic acids is 1. The second kappa shape index (κ2) is 11.3. The second-order valence-corrected chi connectivity index (χ2v) is 10.7. The van der Waals surface area contributed by atoms with Gasteiger partial charge in [-0.2, -0.15) is 0 Å². The summed E-state index contributed by atoms with van der Waals surface area (Å²) >= 11 is 0. The average molecular weight is 542 g/mol. The maximum absolute atomic E-state index is 12.5. The van der Waals surface area contributed by atoms with Crippen LogP contribution in [0.2, 0.25) is 0 Å². The minimum atomic E-state index is -4.39. The Labute approximate surface area is 210 Å². The summed E-state index contributed by atoms with van der Waals surface area (Å²) < 4.78 is 24.7. The molecular weight excluding hydrogens is 513 g/mol. The standard InChI is InChI=1S/C20H30N7O9P/c1-2-21-20(32)26-16-13-17(24-8-23-16)27(9-25-13)18-15(29)14(28)12(36-18)6-35-37(33,34)7-10-3-4-22-11(5-10)19(30)31/h8-12,14-15,18,22,28-29H,2-7H2,1H3,(H,30,31)(H,33,34)(H2,21,23,24,26,32)/p-1/t10?,11?,12-,14?,15+,18-/m1/s1. The molecule has 2 amide bonds. The molecule has 6 N–H and O–H groups in total. The van der Waals surface area contributed by atoms with Crippen LogP contribution in [0.4, 0.5) is 10.6 Å². The van der Waals surface area contributed by atoms with Gasteiger partial charge in [0.05, 0.1) is 12.9 Å². The van der Waals surface area contributed by atoms with Gasteiger partial charge >= 0.3 is 12.0 Å². The number of hydrogen-bond donors (Lipinski definition) is 6. The van der Waals surface area contributed by atoms with Gasteiger partial charge in [0.15, 0.2) is 23.2 Å². The van der Waals surface area contributed by atoms with Gasteiger partial charge in [-0.1, -0.05) is 0 Å². The van der Waals surface area contributed by atoms with Crippen molar-refractivity contribution in [3.63, 3.8) is 0 Å². The number of hydrogen-bond acceptors (Lipinski definition) is 12. The van der Waals surface area contributed by atoms with E-state index in [9.17, 15) is 29.3 Å². The van der Waals surface area contributed by atoms with Crippen LogP contribution < -0.4 is 20.8 Å². The summed E-state index contributed by atoms with van der Waals surface area (Å²) in [6, 6.07) is -1.31. The van der Waals surface area contributed by atoms with E-state index in [2.05, 4.69) is 30.9 Å². The molecule has 2 aliphatic heterocycles. The number of ether oxygens (including phenoxy) is 1. The van der Waals surface area contributed by atoms with E-state index in [1.165, 1.54) is 17.2 Å². The molecule has 204 valence electrons. The highest BCUT2D eigenvalue weighted by Crippen LogP contribution is 2.43. The van der Waals surface area contributed by atoms with Gasteiger partial charge in [0.2, 0.25) is 0 Å². The van der Waals surface area contributed by atoms with Crippen molar-refractivity contribution in [2.75, 3.05) is 31.2 Å². The first-order chi connectivity index (χ1) is 17.6. The SMILES string of the molecule is CCNC(=O)Nc1ncnc2c1ncn2[C@@H]1O[C@H](COP(=O)([O-])CC2CCNC(C(=O)O)C2)C(O)[C@@H]1O. The molecule has 2 aliphatic rings. The lowest BCUT2D eigenvalue weighted by Crippen LogP contribution is -2.44. The van der Waals surface area contributed by atoms with Gasteiger partial charge in [-0.15, -0.1) is 0 Å². The van der Waals surface area contributed by atoms with Crippen LogP contribution in [0.15, 0.2) is 12.7 Å². The third-order valence-corrected chi connectivity index (χ3v) is 7.77. The van der Waals surface area contributed by atoms with E-state index in [1.807, 2.05) is 0 Å². The number of aromatic nitrogens is 4. The molecule has 16 nitrogen and oxygen atoms in total. The molecule has 0 spiro atoms. The van der Waals surface area contributed by atoms with Crippen molar-refractivity contribution in [3.05, 3.63) is 12.7 Å². The van der Waals surface area contributed by atoms with Gasteiger partial charge in [0, 0.05) is 12.7 Å². The fourth-order valence-corrected chi connectivity index (χ4v) is 5.89. The second-order valence-electron chi connectivity index (χ2n) is 8.90. The zero-order valence-electron chi connectivity index (χ0n) is 19.9. The van der Waals surface area contributed by atoms with Crippen molar-refractivity contribution in [1.29, 1.82) is 0 Å². The van der Waals surface area contributed by atoms with Crippen LogP contribution in [0, 0.1) is 5.92 Å². The molecule has 7 atom stereocenters. The Bertz CT molecular complexity index is 1180. The monoisotopic (exact) mass is 542 g/mol. The van der Waals surface area contributed by atoms with Gasteiger partial charge in [-0.25, -0.2) is 19.7 Å². The number of aliphatic hydroxyl groups is 2. The van der Waals surface area contributed by atoms with E-state index in [1.54, 1.807) is 6.92 Å². The summed E-state index contributed by atoms with van der Waals surface area (Å²) in [6.45, 7) is 1.98. The van der Waals surface area contributed by atoms with E-state index < -0.39 is 62.7 Å². The summed E-state index contributed by atoms with van der Waals surface area (Å²) in [5.41, 5.74) is 0.414. The number of piperidine rings is 1. The van der Waals surface area contributed by atoms with Crippen LogP contribution in [0.5, 0.6) is 0 Å². The smallest absolute Gasteiger partial charge is 0.320 e. The van der Waals surface area contributed by atoms with Crippen molar-refractivity contribution in [3.8, 4) is 0 Å². The van der Waals surface area contributed by atoms with Crippen molar-refractivity contribution < 1.29 is 43.6 Å². The number of rotatable bonds is 9. The molecule has 17 heteroatoms. The van der Waals surface area contributed by atoms with Gasteiger partial charge < -0.3 is 44.7 Å². The largest absolute Gasteiger partial charge is 0.778 e. The van der Waals surface area contributed by atoms with Gasteiger partial charge in [-0.3, -0.25) is 14.7 Å². The molecule has 2 saturated heterocycles. The molecule has 0 aliphatic carbocycles. The number of aliphatic hydroxyl groups excluding tert-OH is 2. The van der Waals surface area contributed by atoms with E-state index in [0.29, 0.717) is 19.5 Å². The number of nitrogens with one attached hydrogen (secondary N) is 3. The lowest BCUT2D eigenvalue weighted by molar-refractivity contribution is -0.202. The Morgan fingerprint density at radius 1 is 1.32 bits per heavy atom. The Hall–Kier alpha value is -2.72. The van der Waals surface area contributed by atoms with Crippen LogP contribution in [-0.2, 0) is 18.6 Å². The molecule has 2 aromatic rings. The zero-order chi connectivity index (χ0) is 26.7. The van der Waals surface area contributed by atoms with Gasteiger partial charge in [-0.05, 0) is 32.2 Å². The first-order valence-electron chi connectivity index (χ1n) is 11.7. The summed E-state index contributed by atoms with van der Waals surface area (Å²) in [4.78, 5) is 47.9. The summed E-state index contributed by atoms with van der Waals surface area (Å²) in [6.07, 6.45) is -2.54. The minimum absolute atomic E-state index is 0.123. The van der Waals surface area contributed by atoms with Gasteiger partial charge in [0.25, 0.3) is 0 Å². The fraction of sp³-hybridized carbons (Fsp3) is 0.650. The van der Waals surface area contributed by atoms with Crippen molar-refractivity contribution in [2.24, 2.45) is 5.92 Å². The predicted molar refractivity (Wildman–Crippen MR) is 125 cm³/mol. The van der Waals surface area contributed by atoms with Crippen LogP contribution in [-0.4, -0.2) is 97.1 Å². The van der Waals surface area contributed by atoms with E-state index in [0.717, 1.165) is 0 Å². The Morgan fingerprint density at radius 2 is 2.11 bits per heavy atom. The van der Waals surface area contributed by atoms with Crippen LogP contribution in [0.25, 0.3) is 11.2 Å². The fourth-order valence-electron chi connectivity index (χ4n) is 4.44. The zero-order valence-corrected chi connectivity index (χ0v) is 20.8. The van der Waals surface area contributed by atoms with Crippen molar-refractivity contribution in [1.82, 2.24) is 30.2 Å². The summed E-state index contributed by atoms with van der Waals surface area (Å²) in [5, 5.41) is 38.2. The molecule has 0 aromatic carbocycles. The average Bonchev–Trinajstić information content (AvgIpc) is 3.39. The van der Waals surface area contributed by atoms with Gasteiger partial charge in [0.1, 0.15) is 38.3 Å². The lowest BCUT2D eigenvalue weighted by Gasteiger charge is -2.33. The maximum atomic E-state index is 12.5. The number of fused-ring (bicyclic) bond motifs is 1. The lowest BCUT2D eigenvalue weighted by atomic mass is 9.94.